The van der Waals surface area contributed by atoms with Crippen molar-refractivity contribution in [3.8, 4) is 0 Å². The number of likely N-dealkylation sites (N-methyl/N-ethyl adjacent to an activating group) is 1. The van der Waals surface area contributed by atoms with Gasteiger partial charge in [0.25, 0.3) is 0 Å². The molecular formula is C11H20N2O5S. The van der Waals surface area contributed by atoms with Crippen LogP contribution in [0, 0.1) is 0 Å². The maximum absolute atomic E-state index is 12.3. The van der Waals surface area contributed by atoms with Crippen LogP contribution in [0.5, 0.6) is 0 Å². The molecule has 1 heterocycles. The van der Waals surface area contributed by atoms with E-state index in [9.17, 15) is 18.0 Å². The Balaban J connectivity index is 2.82. The molecule has 1 atom stereocenters. The molecule has 19 heavy (non-hydrogen) atoms. The molecule has 0 saturated carbocycles. The molecule has 0 aromatic carbocycles. The van der Waals surface area contributed by atoms with E-state index in [1.165, 1.54) is 16.3 Å². The van der Waals surface area contributed by atoms with Crippen molar-refractivity contribution in [1.82, 2.24) is 9.21 Å². The number of esters is 1. The van der Waals surface area contributed by atoms with Gasteiger partial charge in [-0.2, -0.15) is 4.31 Å². The Kier molecular flexibility index (Phi) is 5.30. The molecule has 0 N–H and O–H groups in total. The number of amides is 1. The summed E-state index contributed by atoms with van der Waals surface area (Å²) >= 11 is 0. The van der Waals surface area contributed by atoms with Crippen LogP contribution in [-0.4, -0.2) is 68.5 Å². The van der Waals surface area contributed by atoms with Gasteiger partial charge < -0.3 is 9.64 Å². The second kappa shape index (κ2) is 6.33. The van der Waals surface area contributed by atoms with E-state index in [0.717, 1.165) is 6.26 Å². The topological polar surface area (TPSA) is 84.0 Å². The third-order valence-electron chi connectivity index (χ3n) is 3.16. The average Bonchev–Trinajstić information content (AvgIpc) is 2.83. The Hall–Kier alpha value is -1.15. The highest BCUT2D eigenvalue weighted by molar-refractivity contribution is 7.88. The molecule has 0 aromatic rings. The van der Waals surface area contributed by atoms with Gasteiger partial charge in [-0.15, -0.1) is 0 Å². The molecule has 7 nitrogen and oxygen atoms in total. The highest BCUT2D eigenvalue weighted by atomic mass is 32.2. The molecule has 1 fully saturated rings. The summed E-state index contributed by atoms with van der Waals surface area (Å²) in [5, 5.41) is 0. The van der Waals surface area contributed by atoms with Crippen LogP contribution >= 0.6 is 0 Å². The van der Waals surface area contributed by atoms with Gasteiger partial charge in [0.1, 0.15) is 12.6 Å². The number of methoxy groups -OCH3 is 1. The van der Waals surface area contributed by atoms with Crippen LogP contribution in [0.25, 0.3) is 0 Å². The Labute approximate surface area is 113 Å². The number of nitrogens with zero attached hydrogens (tertiary/aromatic N) is 2. The highest BCUT2D eigenvalue weighted by Gasteiger charge is 2.38. The second-order valence-corrected chi connectivity index (χ2v) is 6.40. The lowest BCUT2D eigenvalue weighted by atomic mass is 10.2. The van der Waals surface area contributed by atoms with Gasteiger partial charge in [0.15, 0.2) is 0 Å². The molecule has 0 aliphatic carbocycles. The third-order valence-corrected chi connectivity index (χ3v) is 4.44. The van der Waals surface area contributed by atoms with Crippen LogP contribution in [-0.2, 0) is 24.3 Å². The average molecular weight is 292 g/mol. The van der Waals surface area contributed by atoms with E-state index in [1.807, 2.05) is 0 Å². The Morgan fingerprint density at radius 2 is 2.05 bits per heavy atom. The number of carbonyl (C=O) groups excluding carboxylic acids is 2. The summed E-state index contributed by atoms with van der Waals surface area (Å²) < 4.78 is 28.9. The van der Waals surface area contributed by atoms with Crippen molar-refractivity contribution in [1.29, 1.82) is 0 Å². The molecule has 0 aromatic heterocycles. The van der Waals surface area contributed by atoms with Crippen molar-refractivity contribution in [3.05, 3.63) is 0 Å². The minimum absolute atomic E-state index is 0.153. The Bertz CT molecular complexity index is 448. The third kappa shape index (κ3) is 3.90. The van der Waals surface area contributed by atoms with Gasteiger partial charge in [-0.05, 0) is 19.8 Å². The van der Waals surface area contributed by atoms with Crippen molar-refractivity contribution in [2.75, 3.05) is 33.0 Å². The zero-order chi connectivity index (χ0) is 14.6. The van der Waals surface area contributed by atoms with Crippen LogP contribution < -0.4 is 0 Å². The quantitative estimate of drug-likeness (QED) is 0.634. The summed E-state index contributed by atoms with van der Waals surface area (Å²) in [7, 11) is -2.15. The van der Waals surface area contributed by atoms with Gasteiger partial charge in [-0.3, -0.25) is 9.59 Å². The molecule has 1 aliphatic rings. The first-order chi connectivity index (χ1) is 8.81. The van der Waals surface area contributed by atoms with Crippen LogP contribution in [0.3, 0.4) is 0 Å². The molecule has 110 valence electrons. The first-order valence-electron chi connectivity index (χ1n) is 6.13. The van der Waals surface area contributed by atoms with Crippen LogP contribution in [0.2, 0.25) is 0 Å². The van der Waals surface area contributed by atoms with E-state index in [1.54, 1.807) is 6.92 Å². The molecule has 1 saturated heterocycles. The van der Waals surface area contributed by atoms with E-state index >= 15 is 0 Å². The van der Waals surface area contributed by atoms with Crippen molar-refractivity contribution in [3.63, 3.8) is 0 Å². The smallest absolute Gasteiger partial charge is 0.325 e. The minimum Gasteiger partial charge on any atom is -0.468 e. The lowest BCUT2D eigenvalue weighted by Crippen LogP contribution is -2.48. The lowest BCUT2D eigenvalue weighted by Gasteiger charge is -2.27. The fourth-order valence-electron chi connectivity index (χ4n) is 2.16. The first-order valence-corrected chi connectivity index (χ1v) is 7.98. The number of hydrogen-bond donors (Lipinski definition) is 0. The summed E-state index contributed by atoms with van der Waals surface area (Å²) in [6.07, 6.45) is 2.23. The SMILES string of the molecule is CCN(CC(=O)OC)C(=O)C1CCCN1S(C)(=O)=O. The maximum Gasteiger partial charge on any atom is 0.325 e. The van der Waals surface area contributed by atoms with Gasteiger partial charge >= 0.3 is 5.97 Å². The summed E-state index contributed by atoms with van der Waals surface area (Å²) in [6.45, 7) is 2.27. The van der Waals surface area contributed by atoms with Crippen molar-refractivity contribution < 1.29 is 22.7 Å². The van der Waals surface area contributed by atoms with Crippen LogP contribution in [0.4, 0.5) is 0 Å². The molecule has 0 bridgehead atoms. The van der Waals surface area contributed by atoms with Gasteiger partial charge in [0.05, 0.1) is 13.4 Å². The van der Waals surface area contributed by atoms with Crippen molar-refractivity contribution in [2.24, 2.45) is 0 Å². The number of carbonyl (C=O) groups is 2. The zero-order valence-electron chi connectivity index (χ0n) is 11.5. The monoisotopic (exact) mass is 292 g/mol. The van der Waals surface area contributed by atoms with E-state index in [0.29, 0.717) is 25.9 Å². The number of ether oxygens (including phenoxy) is 1. The Morgan fingerprint density at radius 1 is 1.42 bits per heavy atom. The fourth-order valence-corrected chi connectivity index (χ4v) is 3.28. The molecular weight excluding hydrogens is 272 g/mol. The number of sulfonamides is 1. The van der Waals surface area contributed by atoms with Crippen LogP contribution in [0.1, 0.15) is 19.8 Å². The van der Waals surface area contributed by atoms with E-state index in [2.05, 4.69) is 4.74 Å². The van der Waals surface area contributed by atoms with Crippen LogP contribution in [0.15, 0.2) is 0 Å². The van der Waals surface area contributed by atoms with Gasteiger partial charge in [-0.25, -0.2) is 8.42 Å². The normalized spacial score (nSPS) is 20.3. The molecule has 1 aliphatic heterocycles. The summed E-state index contributed by atoms with van der Waals surface area (Å²) in [4.78, 5) is 24.8. The second-order valence-electron chi connectivity index (χ2n) is 4.46. The van der Waals surface area contributed by atoms with Crippen molar-refractivity contribution in [2.45, 2.75) is 25.8 Å². The van der Waals surface area contributed by atoms with E-state index in [4.69, 9.17) is 0 Å². The molecule has 1 unspecified atom stereocenters. The standard InChI is InChI=1S/C11H20N2O5S/c1-4-12(8-10(14)18-2)11(15)9-6-5-7-13(9)19(3,16)17/h9H,4-8H2,1-3H3. The maximum atomic E-state index is 12.3. The number of hydrogen-bond acceptors (Lipinski definition) is 5. The fraction of sp³-hybridized carbons (Fsp3) is 0.818. The largest absolute Gasteiger partial charge is 0.468 e. The summed E-state index contributed by atoms with van der Waals surface area (Å²) in [6, 6.07) is -0.695. The summed E-state index contributed by atoms with van der Waals surface area (Å²) in [5.41, 5.74) is 0. The summed E-state index contributed by atoms with van der Waals surface area (Å²) in [5.74, 6) is -0.852. The predicted octanol–water partition coefficient (Wildman–Crippen LogP) is -0.568. The molecule has 1 amide bonds. The molecule has 8 heteroatoms. The number of rotatable bonds is 5. The zero-order valence-corrected chi connectivity index (χ0v) is 12.3. The van der Waals surface area contributed by atoms with Gasteiger partial charge in [0, 0.05) is 13.1 Å². The lowest BCUT2D eigenvalue weighted by molar-refractivity contribution is -0.148. The van der Waals surface area contributed by atoms with Gasteiger partial charge in [-0.1, -0.05) is 0 Å². The molecule has 0 radical (unpaired) electrons. The Morgan fingerprint density at radius 3 is 2.53 bits per heavy atom. The van der Waals surface area contributed by atoms with E-state index in [-0.39, 0.29) is 12.5 Å². The molecule has 0 spiro atoms. The van der Waals surface area contributed by atoms with Gasteiger partial charge in [0.2, 0.25) is 15.9 Å². The molecule has 1 rings (SSSR count). The minimum atomic E-state index is -3.40. The highest BCUT2D eigenvalue weighted by Crippen LogP contribution is 2.22. The first kappa shape index (κ1) is 15.9. The van der Waals surface area contributed by atoms with E-state index < -0.39 is 22.0 Å². The predicted molar refractivity (Wildman–Crippen MR) is 68.8 cm³/mol. The van der Waals surface area contributed by atoms with Crippen molar-refractivity contribution >= 4 is 21.9 Å².